The summed E-state index contributed by atoms with van der Waals surface area (Å²) in [6.45, 7) is 5.04. The van der Waals surface area contributed by atoms with Crippen LogP contribution in [0, 0.1) is 12.3 Å². The Morgan fingerprint density at radius 3 is 2.77 bits per heavy atom. The number of H-pyrrole nitrogens is 1. The monoisotopic (exact) mass is 404 g/mol. The maximum absolute atomic E-state index is 11.9. The smallest absolute Gasteiger partial charge is 0.338 e. The lowest BCUT2D eigenvalue weighted by Gasteiger charge is -2.18. The van der Waals surface area contributed by atoms with Gasteiger partial charge in [-0.05, 0) is 48.7 Å². The molecule has 7 heteroatoms. The predicted molar refractivity (Wildman–Crippen MR) is 116 cm³/mol. The number of hydrogen-bond donors (Lipinski definition) is 3. The Morgan fingerprint density at radius 2 is 2.03 bits per heavy atom. The van der Waals surface area contributed by atoms with E-state index in [0.29, 0.717) is 30.1 Å². The third-order valence-electron chi connectivity index (χ3n) is 5.06. The zero-order valence-electron chi connectivity index (χ0n) is 17.0. The minimum atomic E-state index is -0.334. The van der Waals surface area contributed by atoms with E-state index >= 15 is 0 Å². The number of carbonyl (C=O) groups is 1. The second kappa shape index (κ2) is 8.02. The number of amidine groups is 1. The number of imidazole rings is 1. The van der Waals surface area contributed by atoms with Crippen LogP contribution in [-0.4, -0.2) is 44.9 Å². The Hall–Kier alpha value is -3.61. The molecule has 4 rings (SSSR count). The molecule has 1 aliphatic rings. The number of aryl methyl sites for hydroxylation is 1. The molecular weight excluding hydrogens is 380 g/mol. The van der Waals surface area contributed by atoms with Crippen LogP contribution in [0.15, 0.2) is 48.2 Å². The van der Waals surface area contributed by atoms with Gasteiger partial charge in [-0.2, -0.15) is 0 Å². The lowest BCUT2D eigenvalue weighted by Crippen LogP contribution is -2.26. The number of benzene rings is 2. The van der Waals surface area contributed by atoms with Gasteiger partial charge in [-0.15, -0.1) is 0 Å². The number of aliphatic hydroxyl groups excluding tert-OH is 1. The molecule has 0 saturated heterocycles. The van der Waals surface area contributed by atoms with Gasteiger partial charge < -0.3 is 19.7 Å². The molecule has 0 amide bonds. The van der Waals surface area contributed by atoms with Crippen molar-refractivity contribution in [2.45, 2.75) is 26.8 Å². The standard InChI is InChI=1S/C23H24N4O3/c1-3-10-30-23(29)16-7-5-15(6-8-16)12-27-13-19(28)20(21(27)24)22-25-17-9-4-14(2)11-18(17)26-22/h4-9,11,24,28H,3,10,12-13H2,1-2H3,(H,25,26). The summed E-state index contributed by atoms with van der Waals surface area (Å²) in [6, 6.07) is 13.0. The number of ether oxygens (including phenoxy) is 1. The van der Waals surface area contributed by atoms with Crippen molar-refractivity contribution in [2.24, 2.45) is 0 Å². The summed E-state index contributed by atoms with van der Waals surface area (Å²) in [6.07, 6.45) is 0.782. The predicted octanol–water partition coefficient (Wildman–Crippen LogP) is 4.20. The number of rotatable bonds is 6. The van der Waals surface area contributed by atoms with Gasteiger partial charge in [0.1, 0.15) is 17.4 Å². The number of aromatic nitrogens is 2. The Bertz CT molecular complexity index is 1140. The van der Waals surface area contributed by atoms with Crippen molar-refractivity contribution < 1.29 is 14.6 Å². The third kappa shape index (κ3) is 3.78. The fraction of sp³-hybridized carbons (Fsp3) is 0.261. The number of nitrogens with zero attached hydrogens (tertiary/aromatic N) is 2. The first-order valence-corrected chi connectivity index (χ1v) is 9.95. The fourth-order valence-corrected chi connectivity index (χ4v) is 3.50. The molecule has 0 unspecified atom stereocenters. The molecule has 0 spiro atoms. The van der Waals surface area contributed by atoms with Crippen LogP contribution in [0.25, 0.3) is 16.6 Å². The molecule has 0 aliphatic carbocycles. The normalized spacial score (nSPS) is 14.1. The fourth-order valence-electron chi connectivity index (χ4n) is 3.50. The summed E-state index contributed by atoms with van der Waals surface area (Å²) in [5, 5.41) is 19.1. The lowest BCUT2D eigenvalue weighted by molar-refractivity contribution is 0.0505. The second-order valence-corrected chi connectivity index (χ2v) is 7.47. The van der Waals surface area contributed by atoms with Crippen molar-refractivity contribution in [1.82, 2.24) is 14.9 Å². The molecule has 154 valence electrons. The first-order chi connectivity index (χ1) is 14.5. The molecule has 3 N–H and O–H groups in total. The number of esters is 1. The highest BCUT2D eigenvalue weighted by Gasteiger charge is 2.30. The molecule has 0 fully saturated rings. The van der Waals surface area contributed by atoms with E-state index in [0.717, 1.165) is 28.6 Å². The average Bonchev–Trinajstić information content (AvgIpc) is 3.26. The van der Waals surface area contributed by atoms with E-state index < -0.39 is 0 Å². The SMILES string of the molecule is CCCOC(=O)c1ccc(CN2CC(O)=C(c3nc4ccc(C)cc4[nH]3)C2=N)cc1. The van der Waals surface area contributed by atoms with E-state index in [-0.39, 0.29) is 24.1 Å². The van der Waals surface area contributed by atoms with Gasteiger partial charge in [0, 0.05) is 6.54 Å². The second-order valence-electron chi connectivity index (χ2n) is 7.47. The molecule has 1 aliphatic heterocycles. The minimum absolute atomic E-state index is 0.121. The highest BCUT2D eigenvalue weighted by atomic mass is 16.5. The van der Waals surface area contributed by atoms with Crippen LogP contribution in [0.2, 0.25) is 0 Å². The summed E-state index contributed by atoms with van der Waals surface area (Å²) in [4.78, 5) is 21.5. The van der Waals surface area contributed by atoms with Crippen molar-refractivity contribution in [1.29, 1.82) is 5.41 Å². The first kappa shape index (κ1) is 19.7. The molecule has 2 aromatic carbocycles. The summed E-state index contributed by atoms with van der Waals surface area (Å²) in [5.41, 5.74) is 4.64. The average molecular weight is 404 g/mol. The Labute approximate surface area is 174 Å². The van der Waals surface area contributed by atoms with E-state index in [2.05, 4.69) is 9.97 Å². The quantitative estimate of drug-likeness (QED) is 0.535. The third-order valence-corrected chi connectivity index (χ3v) is 5.06. The maximum atomic E-state index is 11.9. The van der Waals surface area contributed by atoms with Gasteiger partial charge in [0.05, 0.1) is 35.3 Å². The van der Waals surface area contributed by atoms with Crippen molar-refractivity contribution in [2.75, 3.05) is 13.2 Å². The Morgan fingerprint density at radius 1 is 1.27 bits per heavy atom. The number of aliphatic hydroxyl groups is 1. The molecule has 1 aromatic heterocycles. The molecule has 0 saturated carbocycles. The van der Waals surface area contributed by atoms with Crippen LogP contribution in [0.5, 0.6) is 0 Å². The molecule has 7 nitrogen and oxygen atoms in total. The maximum Gasteiger partial charge on any atom is 0.338 e. The van der Waals surface area contributed by atoms with Crippen LogP contribution < -0.4 is 0 Å². The largest absolute Gasteiger partial charge is 0.510 e. The van der Waals surface area contributed by atoms with E-state index in [1.807, 2.05) is 44.2 Å². The molecule has 3 aromatic rings. The first-order valence-electron chi connectivity index (χ1n) is 9.95. The zero-order valence-corrected chi connectivity index (χ0v) is 17.0. The van der Waals surface area contributed by atoms with Crippen molar-refractivity contribution in [3.05, 3.63) is 70.7 Å². The van der Waals surface area contributed by atoms with Gasteiger partial charge in [-0.3, -0.25) is 5.41 Å². The van der Waals surface area contributed by atoms with Gasteiger partial charge in [0.25, 0.3) is 0 Å². The van der Waals surface area contributed by atoms with Crippen molar-refractivity contribution >= 4 is 28.4 Å². The summed E-state index contributed by atoms with van der Waals surface area (Å²) < 4.78 is 5.14. The van der Waals surface area contributed by atoms with E-state index in [1.165, 1.54) is 0 Å². The van der Waals surface area contributed by atoms with E-state index in [4.69, 9.17) is 10.1 Å². The molecule has 30 heavy (non-hydrogen) atoms. The van der Waals surface area contributed by atoms with Gasteiger partial charge >= 0.3 is 5.97 Å². The summed E-state index contributed by atoms with van der Waals surface area (Å²) >= 11 is 0. The highest BCUT2D eigenvalue weighted by Crippen LogP contribution is 2.28. The van der Waals surface area contributed by atoms with Gasteiger partial charge in [0.15, 0.2) is 0 Å². The van der Waals surface area contributed by atoms with Crippen LogP contribution >= 0.6 is 0 Å². The van der Waals surface area contributed by atoms with Gasteiger partial charge in [-0.25, -0.2) is 9.78 Å². The molecule has 0 atom stereocenters. The number of aromatic amines is 1. The van der Waals surface area contributed by atoms with Crippen LogP contribution in [0.4, 0.5) is 0 Å². The van der Waals surface area contributed by atoms with Crippen LogP contribution in [0.3, 0.4) is 0 Å². The Balaban J connectivity index is 1.48. The molecule has 2 heterocycles. The van der Waals surface area contributed by atoms with Gasteiger partial charge in [0.2, 0.25) is 0 Å². The zero-order chi connectivity index (χ0) is 21.3. The molecule has 0 bridgehead atoms. The van der Waals surface area contributed by atoms with Crippen molar-refractivity contribution in [3.8, 4) is 0 Å². The van der Waals surface area contributed by atoms with E-state index in [1.54, 1.807) is 17.0 Å². The topological polar surface area (TPSA) is 102 Å². The number of carbonyl (C=O) groups excluding carboxylic acids is 1. The highest BCUT2D eigenvalue weighted by molar-refractivity contribution is 6.23. The van der Waals surface area contributed by atoms with Crippen LogP contribution in [-0.2, 0) is 11.3 Å². The number of hydrogen-bond acceptors (Lipinski definition) is 5. The van der Waals surface area contributed by atoms with Crippen LogP contribution in [0.1, 0.15) is 40.7 Å². The number of nitrogens with one attached hydrogen (secondary N) is 2. The summed E-state index contributed by atoms with van der Waals surface area (Å²) in [5.74, 6) is 0.499. The van der Waals surface area contributed by atoms with Gasteiger partial charge in [-0.1, -0.05) is 25.1 Å². The lowest BCUT2D eigenvalue weighted by atomic mass is 10.1. The van der Waals surface area contributed by atoms with Crippen molar-refractivity contribution in [3.63, 3.8) is 0 Å². The Kier molecular flexibility index (Phi) is 5.27. The number of fused-ring (bicyclic) bond motifs is 1. The minimum Gasteiger partial charge on any atom is -0.510 e. The molecule has 0 radical (unpaired) electrons. The van der Waals surface area contributed by atoms with E-state index in [9.17, 15) is 9.90 Å². The molecular formula is C23H24N4O3. The summed E-state index contributed by atoms with van der Waals surface area (Å²) in [7, 11) is 0.